The van der Waals surface area contributed by atoms with Gasteiger partial charge in [0.15, 0.2) is 0 Å². The Balaban J connectivity index is 1.56. The van der Waals surface area contributed by atoms with E-state index >= 15 is 0 Å². The van der Waals surface area contributed by atoms with Crippen LogP contribution in [0.3, 0.4) is 0 Å². The summed E-state index contributed by atoms with van der Waals surface area (Å²) < 4.78 is 2.43. The molecule has 2 aromatic heterocycles. The Kier molecular flexibility index (Phi) is 3.37. The number of nitrogens with zero attached hydrogens (tertiary/aromatic N) is 4. The van der Waals surface area contributed by atoms with Crippen LogP contribution in [-0.4, -0.2) is 38.6 Å². The van der Waals surface area contributed by atoms with Crippen molar-refractivity contribution in [2.45, 2.75) is 37.8 Å². The quantitative estimate of drug-likeness (QED) is 0.718. The summed E-state index contributed by atoms with van der Waals surface area (Å²) in [5.74, 6) is 1.10. The van der Waals surface area contributed by atoms with Crippen LogP contribution in [0.25, 0.3) is 22.3 Å². The van der Waals surface area contributed by atoms with Crippen molar-refractivity contribution in [1.29, 1.82) is 0 Å². The molecule has 4 nitrogen and oxygen atoms in total. The maximum atomic E-state index is 4.71. The minimum Gasteiger partial charge on any atom is -0.326 e. The summed E-state index contributed by atoms with van der Waals surface area (Å²) in [7, 11) is 0. The average Bonchev–Trinajstić information content (AvgIpc) is 3.30. The first kappa shape index (κ1) is 14.2. The van der Waals surface area contributed by atoms with E-state index in [0.717, 1.165) is 11.3 Å². The molecular weight excluding hydrogens is 296 g/mol. The highest BCUT2D eigenvalue weighted by atomic mass is 15.2. The number of piperidine rings is 1. The van der Waals surface area contributed by atoms with Crippen molar-refractivity contribution in [3.8, 4) is 11.4 Å². The lowest BCUT2D eigenvalue weighted by atomic mass is 9.95. The molecule has 0 N–H and O–H groups in total. The average molecular weight is 318 g/mol. The first-order valence-corrected chi connectivity index (χ1v) is 9.02. The van der Waals surface area contributed by atoms with E-state index in [1.54, 1.807) is 0 Å². The summed E-state index contributed by atoms with van der Waals surface area (Å²) in [4.78, 5) is 11.8. The number of hydrogen-bond donors (Lipinski definition) is 0. The third kappa shape index (κ3) is 2.25. The molecule has 0 amide bonds. The van der Waals surface area contributed by atoms with Gasteiger partial charge in [-0.15, -0.1) is 0 Å². The zero-order valence-corrected chi connectivity index (χ0v) is 13.8. The summed E-state index contributed by atoms with van der Waals surface area (Å²) in [6.07, 6.45) is 11.2. The number of imidazole rings is 1. The van der Waals surface area contributed by atoms with Crippen LogP contribution in [0.2, 0.25) is 0 Å². The molecule has 4 heteroatoms. The van der Waals surface area contributed by atoms with E-state index in [2.05, 4.69) is 44.9 Å². The van der Waals surface area contributed by atoms with Gasteiger partial charge in [-0.3, -0.25) is 9.88 Å². The molecule has 0 unspecified atom stereocenters. The fraction of sp³-hybridized carbons (Fsp3) is 0.400. The van der Waals surface area contributed by atoms with Gasteiger partial charge in [0.05, 0.1) is 11.6 Å². The molecule has 2 fully saturated rings. The van der Waals surface area contributed by atoms with Crippen LogP contribution in [0.5, 0.6) is 0 Å². The van der Waals surface area contributed by atoms with Gasteiger partial charge in [0.1, 0.15) is 5.82 Å². The lowest BCUT2D eigenvalue weighted by Crippen LogP contribution is -2.41. The Labute approximate surface area is 142 Å². The molecule has 122 valence electrons. The van der Waals surface area contributed by atoms with Crippen molar-refractivity contribution in [2.24, 2.45) is 0 Å². The molecule has 2 aliphatic heterocycles. The van der Waals surface area contributed by atoms with Crippen LogP contribution < -0.4 is 0 Å². The highest BCUT2D eigenvalue weighted by Crippen LogP contribution is 2.37. The number of hydrogen-bond acceptors (Lipinski definition) is 3. The Hall–Kier alpha value is -2.20. The lowest BCUT2D eigenvalue weighted by Gasteiger charge is -2.38. The van der Waals surface area contributed by atoms with Gasteiger partial charge in [-0.05, 0) is 63.0 Å². The predicted molar refractivity (Wildman–Crippen MR) is 95.8 cm³/mol. The summed E-state index contributed by atoms with van der Waals surface area (Å²) in [6, 6.07) is 11.8. The monoisotopic (exact) mass is 318 g/mol. The molecule has 3 aromatic rings. The van der Waals surface area contributed by atoms with Gasteiger partial charge in [0.2, 0.25) is 0 Å². The fourth-order valence-corrected chi connectivity index (χ4v) is 4.60. The molecule has 0 saturated carbocycles. The topological polar surface area (TPSA) is 34.0 Å². The van der Waals surface area contributed by atoms with E-state index < -0.39 is 0 Å². The SMILES string of the molecule is c1cnc2ccc(-c3nccn3[C@H]3CCCN4CCC[C@@H]34)cc2c1. The number of pyridine rings is 1. The van der Waals surface area contributed by atoms with Crippen molar-refractivity contribution >= 4 is 10.9 Å². The maximum Gasteiger partial charge on any atom is 0.140 e. The molecule has 0 spiro atoms. The van der Waals surface area contributed by atoms with E-state index in [1.165, 1.54) is 49.7 Å². The van der Waals surface area contributed by atoms with E-state index in [-0.39, 0.29) is 0 Å². The number of rotatable bonds is 2. The second-order valence-corrected chi connectivity index (χ2v) is 7.02. The molecule has 24 heavy (non-hydrogen) atoms. The maximum absolute atomic E-state index is 4.71. The second kappa shape index (κ2) is 5.71. The van der Waals surface area contributed by atoms with E-state index in [1.807, 2.05) is 18.5 Å². The molecular formula is C20H22N4. The highest BCUT2D eigenvalue weighted by Gasteiger charge is 2.36. The highest BCUT2D eigenvalue weighted by molar-refractivity contribution is 5.83. The van der Waals surface area contributed by atoms with Crippen LogP contribution >= 0.6 is 0 Å². The third-order valence-electron chi connectivity index (χ3n) is 5.69. The summed E-state index contributed by atoms with van der Waals surface area (Å²) >= 11 is 0. The molecule has 0 radical (unpaired) electrons. The molecule has 0 aliphatic carbocycles. The van der Waals surface area contributed by atoms with Crippen molar-refractivity contribution < 1.29 is 0 Å². The fourth-order valence-electron chi connectivity index (χ4n) is 4.60. The van der Waals surface area contributed by atoms with Gasteiger partial charge < -0.3 is 4.57 Å². The van der Waals surface area contributed by atoms with Crippen LogP contribution in [-0.2, 0) is 0 Å². The van der Waals surface area contributed by atoms with Crippen molar-refractivity contribution in [2.75, 3.05) is 13.1 Å². The van der Waals surface area contributed by atoms with Crippen molar-refractivity contribution in [3.05, 3.63) is 48.9 Å². The van der Waals surface area contributed by atoms with Crippen LogP contribution in [0.15, 0.2) is 48.9 Å². The minimum atomic E-state index is 0.559. The van der Waals surface area contributed by atoms with Gasteiger partial charge in [0.25, 0.3) is 0 Å². The summed E-state index contributed by atoms with van der Waals surface area (Å²) in [5.41, 5.74) is 2.23. The lowest BCUT2D eigenvalue weighted by molar-refractivity contribution is 0.139. The summed E-state index contributed by atoms with van der Waals surface area (Å²) in [5, 5.41) is 1.18. The van der Waals surface area contributed by atoms with Gasteiger partial charge in [-0.1, -0.05) is 6.07 Å². The van der Waals surface area contributed by atoms with Crippen LogP contribution in [0.1, 0.15) is 31.7 Å². The molecule has 5 rings (SSSR count). The smallest absolute Gasteiger partial charge is 0.140 e. The zero-order chi connectivity index (χ0) is 15.9. The Morgan fingerprint density at radius 2 is 1.79 bits per heavy atom. The molecule has 2 saturated heterocycles. The number of fused-ring (bicyclic) bond motifs is 2. The number of aromatic nitrogens is 3. The zero-order valence-electron chi connectivity index (χ0n) is 13.8. The molecule has 4 heterocycles. The Bertz CT molecular complexity index is 869. The molecule has 2 aliphatic rings. The first-order valence-electron chi connectivity index (χ1n) is 9.02. The summed E-state index contributed by atoms with van der Waals surface area (Å²) in [6.45, 7) is 2.54. The molecule has 1 aromatic carbocycles. The molecule has 2 atom stereocenters. The van der Waals surface area contributed by atoms with E-state index in [4.69, 9.17) is 4.98 Å². The van der Waals surface area contributed by atoms with Crippen LogP contribution in [0, 0.1) is 0 Å². The van der Waals surface area contributed by atoms with Crippen molar-refractivity contribution in [3.63, 3.8) is 0 Å². The van der Waals surface area contributed by atoms with E-state index in [0.29, 0.717) is 12.1 Å². The first-order chi connectivity index (χ1) is 11.9. The number of benzene rings is 1. The molecule has 0 bridgehead atoms. The van der Waals surface area contributed by atoms with Gasteiger partial charge >= 0.3 is 0 Å². The van der Waals surface area contributed by atoms with Crippen LogP contribution in [0.4, 0.5) is 0 Å². The van der Waals surface area contributed by atoms with Crippen molar-refractivity contribution in [1.82, 2.24) is 19.4 Å². The van der Waals surface area contributed by atoms with Gasteiger partial charge in [0, 0.05) is 35.6 Å². The van der Waals surface area contributed by atoms with E-state index in [9.17, 15) is 0 Å². The largest absolute Gasteiger partial charge is 0.326 e. The minimum absolute atomic E-state index is 0.559. The standard InChI is InChI=1S/C20H22N4/c1-4-15-14-16(7-8-17(15)21-9-1)20-22-10-13-24(20)19-6-3-12-23-11-2-5-18(19)23/h1,4,7-10,13-14,18-19H,2-3,5-6,11-12H2/t18-,19-/m0/s1. The Morgan fingerprint density at radius 3 is 2.71 bits per heavy atom. The Morgan fingerprint density at radius 1 is 0.917 bits per heavy atom. The third-order valence-corrected chi connectivity index (χ3v) is 5.69. The van der Waals surface area contributed by atoms with Gasteiger partial charge in [-0.2, -0.15) is 0 Å². The second-order valence-electron chi connectivity index (χ2n) is 7.02. The van der Waals surface area contributed by atoms with Gasteiger partial charge in [-0.25, -0.2) is 4.98 Å². The normalized spacial score (nSPS) is 24.3. The predicted octanol–water partition coefficient (Wildman–Crippen LogP) is 3.90.